The summed E-state index contributed by atoms with van der Waals surface area (Å²) in [6.07, 6.45) is 3.84. The van der Waals surface area contributed by atoms with E-state index in [9.17, 15) is 9.59 Å². The van der Waals surface area contributed by atoms with E-state index in [0.717, 1.165) is 58.0 Å². The van der Waals surface area contributed by atoms with E-state index in [1.54, 1.807) is 0 Å². The number of carbonyl (C=O) groups excluding carboxylic acids is 2. The van der Waals surface area contributed by atoms with Crippen molar-refractivity contribution in [3.8, 4) is 0 Å². The van der Waals surface area contributed by atoms with E-state index in [-0.39, 0.29) is 11.8 Å². The lowest BCUT2D eigenvalue weighted by Crippen LogP contribution is -2.51. The molecule has 0 spiro atoms. The van der Waals surface area contributed by atoms with Gasteiger partial charge in [0.1, 0.15) is 0 Å². The molecule has 2 saturated heterocycles. The molecular weight excluding hydrogens is 378 g/mol. The highest BCUT2D eigenvalue weighted by molar-refractivity contribution is 5.92. The average molecular weight is 416 g/mol. The minimum Gasteiger partial charge on any atom is -0.372 e. The van der Waals surface area contributed by atoms with Gasteiger partial charge in [-0.1, -0.05) is 0 Å². The van der Waals surface area contributed by atoms with Gasteiger partial charge in [0.15, 0.2) is 0 Å². The normalized spacial score (nSPS) is 18.3. The zero-order valence-electron chi connectivity index (χ0n) is 18.6. The van der Waals surface area contributed by atoms with Crippen LogP contribution in [0.3, 0.4) is 0 Å². The molecule has 0 radical (unpaired) electrons. The summed E-state index contributed by atoms with van der Waals surface area (Å²) in [6.45, 7) is 11.9. The molecule has 1 N–H and O–H groups in total. The Morgan fingerprint density at radius 3 is 1.97 bits per heavy atom. The van der Waals surface area contributed by atoms with E-state index in [4.69, 9.17) is 0 Å². The zero-order valence-corrected chi connectivity index (χ0v) is 18.6. The smallest absolute Gasteiger partial charge is 0.238 e. The molecule has 2 aliphatic heterocycles. The molecule has 2 fully saturated rings. The molecule has 0 saturated carbocycles. The van der Waals surface area contributed by atoms with Crippen LogP contribution < -0.4 is 10.2 Å². The van der Waals surface area contributed by atoms with Crippen LogP contribution in [-0.4, -0.2) is 92.0 Å². The number of carbonyl (C=O) groups is 2. The Labute approximate surface area is 181 Å². The van der Waals surface area contributed by atoms with Gasteiger partial charge in [-0.05, 0) is 57.4 Å². The summed E-state index contributed by atoms with van der Waals surface area (Å²) in [6, 6.07) is 8.20. The largest absolute Gasteiger partial charge is 0.372 e. The van der Waals surface area contributed by atoms with Crippen molar-refractivity contribution in [2.24, 2.45) is 0 Å². The van der Waals surface area contributed by atoms with Gasteiger partial charge in [0.2, 0.25) is 11.8 Å². The molecule has 0 aromatic heterocycles. The van der Waals surface area contributed by atoms with Crippen LogP contribution >= 0.6 is 0 Å². The minimum atomic E-state index is 0.0217. The molecule has 2 heterocycles. The lowest BCUT2D eigenvalue weighted by Gasteiger charge is -2.34. The van der Waals surface area contributed by atoms with E-state index >= 15 is 0 Å². The Morgan fingerprint density at radius 1 is 0.833 bits per heavy atom. The van der Waals surface area contributed by atoms with Gasteiger partial charge in [-0.25, -0.2) is 0 Å². The number of benzene rings is 1. The van der Waals surface area contributed by atoms with Gasteiger partial charge in [-0.2, -0.15) is 0 Å². The van der Waals surface area contributed by atoms with Crippen molar-refractivity contribution >= 4 is 23.2 Å². The monoisotopic (exact) mass is 415 g/mol. The van der Waals surface area contributed by atoms with E-state index in [1.807, 2.05) is 30.9 Å². The van der Waals surface area contributed by atoms with Crippen LogP contribution in [0.5, 0.6) is 0 Å². The SMILES string of the molecule is CCN(CC)C(=O)CN1CCN(CC(=O)Nc2ccc(N3CCCCC3)cc2)CC1. The Kier molecular flexibility index (Phi) is 8.51. The number of amides is 2. The zero-order chi connectivity index (χ0) is 21.3. The van der Waals surface area contributed by atoms with Crippen LogP contribution in [0.15, 0.2) is 24.3 Å². The molecule has 1 aromatic rings. The van der Waals surface area contributed by atoms with Crippen molar-refractivity contribution in [1.82, 2.24) is 14.7 Å². The van der Waals surface area contributed by atoms with Crippen LogP contribution in [0.4, 0.5) is 11.4 Å². The molecule has 3 rings (SSSR count). The number of anilines is 2. The Balaban J connectivity index is 1.39. The maximum atomic E-state index is 12.5. The first-order chi connectivity index (χ1) is 14.6. The number of rotatable bonds is 8. The standard InChI is InChI=1S/C23H37N5O2/c1-3-27(4-2)23(30)19-26-16-14-25(15-17-26)18-22(29)24-20-8-10-21(11-9-20)28-12-6-5-7-13-28/h8-11H,3-7,12-19H2,1-2H3,(H,24,29). The maximum Gasteiger partial charge on any atom is 0.238 e. The fourth-order valence-corrected chi connectivity index (χ4v) is 4.28. The predicted octanol–water partition coefficient (Wildman–Crippen LogP) is 2.10. The van der Waals surface area contributed by atoms with Gasteiger partial charge in [0.05, 0.1) is 13.1 Å². The summed E-state index contributed by atoms with van der Waals surface area (Å²) in [5.74, 6) is 0.215. The van der Waals surface area contributed by atoms with Gasteiger partial charge in [0.25, 0.3) is 0 Å². The average Bonchev–Trinajstić information content (AvgIpc) is 2.77. The Bertz CT molecular complexity index is 675. The van der Waals surface area contributed by atoms with Crippen molar-refractivity contribution in [1.29, 1.82) is 0 Å². The summed E-state index contributed by atoms with van der Waals surface area (Å²) in [4.78, 5) is 33.4. The van der Waals surface area contributed by atoms with E-state index in [0.29, 0.717) is 13.1 Å². The fraction of sp³-hybridized carbons (Fsp3) is 0.652. The number of piperidine rings is 1. The Morgan fingerprint density at radius 2 is 1.40 bits per heavy atom. The molecule has 0 unspecified atom stereocenters. The van der Waals surface area contributed by atoms with Crippen molar-refractivity contribution < 1.29 is 9.59 Å². The van der Waals surface area contributed by atoms with Crippen LogP contribution in [0.2, 0.25) is 0 Å². The number of nitrogens with zero attached hydrogens (tertiary/aromatic N) is 4. The molecule has 1 aromatic carbocycles. The highest BCUT2D eigenvalue weighted by Gasteiger charge is 2.22. The second kappa shape index (κ2) is 11.3. The van der Waals surface area contributed by atoms with Crippen molar-refractivity contribution in [2.45, 2.75) is 33.1 Å². The quantitative estimate of drug-likeness (QED) is 0.705. The summed E-state index contributed by atoms with van der Waals surface area (Å²) < 4.78 is 0. The van der Waals surface area contributed by atoms with Crippen molar-refractivity contribution in [3.05, 3.63) is 24.3 Å². The van der Waals surface area contributed by atoms with Crippen molar-refractivity contribution in [3.63, 3.8) is 0 Å². The first-order valence-electron chi connectivity index (χ1n) is 11.5. The summed E-state index contributed by atoms with van der Waals surface area (Å²) in [7, 11) is 0. The summed E-state index contributed by atoms with van der Waals surface area (Å²) >= 11 is 0. The third kappa shape index (κ3) is 6.44. The molecule has 0 aliphatic carbocycles. The molecule has 7 nitrogen and oxygen atoms in total. The highest BCUT2D eigenvalue weighted by atomic mass is 16.2. The van der Waals surface area contributed by atoms with E-state index < -0.39 is 0 Å². The van der Waals surface area contributed by atoms with Gasteiger partial charge in [-0.3, -0.25) is 19.4 Å². The highest BCUT2D eigenvalue weighted by Crippen LogP contribution is 2.21. The first-order valence-corrected chi connectivity index (χ1v) is 11.5. The molecule has 2 aliphatic rings. The van der Waals surface area contributed by atoms with Crippen LogP contribution in [0.25, 0.3) is 0 Å². The van der Waals surface area contributed by atoms with Crippen LogP contribution in [0, 0.1) is 0 Å². The van der Waals surface area contributed by atoms with E-state index in [1.165, 1.54) is 24.9 Å². The predicted molar refractivity (Wildman–Crippen MR) is 122 cm³/mol. The topological polar surface area (TPSA) is 59.1 Å². The molecule has 166 valence electrons. The summed E-state index contributed by atoms with van der Waals surface area (Å²) in [5.41, 5.74) is 2.09. The van der Waals surface area contributed by atoms with Gasteiger partial charge < -0.3 is 15.1 Å². The van der Waals surface area contributed by atoms with Crippen LogP contribution in [0.1, 0.15) is 33.1 Å². The number of nitrogens with one attached hydrogen (secondary N) is 1. The third-order valence-electron chi connectivity index (χ3n) is 6.18. The van der Waals surface area contributed by atoms with Crippen LogP contribution in [-0.2, 0) is 9.59 Å². The maximum absolute atomic E-state index is 12.5. The number of hydrogen-bond acceptors (Lipinski definition) is 5. The van der Waals surface area contributed by atoms with Crippen molar-refractivity contribution in [2.75, 3.05) is 75.7 Å². The third-order valence-corrected chi connectivity index (χ3v) is 6.18. The van der Waals surface area contributed by atoms with Gasteiger partial charge in [-0.15, -0.1) is 0 Å². The van der Waals surface area contributed by atoms with Gasteiger partial charge >= 0.3 is 0 Å². The second-order valence-electron chi connectivity index (χ2n) is 8.26. The molecule has 30 heavy (non-hydrogen) atoms. The first kappa shape index (κ1) is 22.6. The lowest BCUT2D eigenvalue weighted by molar-refractivity contribution is -0.132. The number of likely N-dealkylation sites (N-methyl/N-ethyl adjacent to an activating group) is 1. The lowest BCUT2D eigenvalue weighted by atomic mass is 10.1. The second-order valence-corrected chi connectivity index (χ2v) is 8.26. The van der Waals surface area contributed by atoms with E-state index in [2.05, 4.69) is 32.1 Å². The molecular formula is C23H37N5O2. The Hall–Kier alpha value is -2.12. The summed E-state index contributed by atoms with van der Waals surface area (Å²) in [5, 5.41) is 3.02. The molecule has 0 bridgehead atoms. The number of piperazine rings is 1. The molecule has 0 atom stereocenters. The van der Waals surface area contributed by atoms with Gasteiger partial charge in [0, 0.05) is 63.7 Å². The molecule has 2 amide bonds. The molecule has 7 heteroatoms. The minimum absolute atomic E-state index is 0.0217. The number of hydrogen-bond donors (Lipinski definition) is 1. The fourth-order valence-electron chi connectivity index (χ4n) is 4.28.